The zero-order chi connectivity index (χ0) is 17.1. The fourth-order valence-corrected chi connectivity index (χ4v) is 3.52. The van der Waals surface area contributed by atoms with Crippen LogP contribution in [0.1, 0.15) is 24.0 Å². The van der Waals surface area contributed by atoms with Crippen LogP contribution in [0.5, 0.6) is 5.75 Å². The van der Waals surface area contributed by atoms with E-state index in [0.717, 1.165) is 34.7 Å². The standard InChI is InChI=1S/C19H21Cl2NO2/c1-12-3-2-4-16(21)15(12)11-22-17-9-10-18(19(17)23)24-14-7-5-13(20)6-8-14/h2-8,17-19,22-23H,9-11H2,1H3/t17-,18-,19+/m1/s1. The molecule has 2 aromatic rings. The molecular formula is C19H21Cl2NO2. The summed E-state index contributed by atoms with van der Waals surface area (Å²) in [5.41, 5.74) is 2.23. The van der Waals surface area contributed by atoms with E-state index in [1.54, 1.807) is 12.1 Å². The van der Waals surface area contributed by atoms with Crippen molar-refractivity contribution in [3.8, 4) is 5.75 Å². The Labute approximate surface area is 152 Å². The highest BCUT2D eigenvalue weighted by atomic mass is 35.5. The number of halogens is 2. The average molecular weight is 366 g/mol. The van der Waals surface area contributed by atoms with Gasteiger partial charge in [-0.3, -0.25) is 0 Å². The molecule has 0 aliphatic heterocycles. The molecule has 1 saturated carbocycles. The molecule has 3 rings (SSSR count). The first-order valence-electron chi connectivity index (χ1n) is 8.12. The molecule has 0 saturated heterocycles. The zero-order valence-corrected chi connectivity index (χ0v) is 15.0. The number of aliphatic hydroxyl groups excluding tert-OH is 1. The number of aliphatic hydroxyl groups is 1. The Hall–Kier alpha value is -1.26. The number of nitrogens with one attached hydrogen (secondary N) is 1. The zero-order valence-electron chi connectivity index (χ0n) is 13.5. The molecular weight excluding hydrogens is 345 g/mol. The van der Waals surface area contributed by atoms with E-state index in [-0.39, 0.29) is 12.1 Å². The minimum Gasteiger partial charge on any atom is -0.488 e. The molecule has 3 nitrogen and oxygen atoms in total. The Morgan fingerprint density at radius 3 is 2.58 bits per heavy atom. The summed E-state index contributed by atoms with van der Waals surface area (Å²) in [6.45, 7) is 2.68. The van der Waals surface area contributed by atoms with Crippen molar-refractivity contribution in [2.45, 2.75) is 44.6 Å². The van der Waals surface area contributed by atoms with Crippen LogP contribution in [-0.4, -0.2) is 23.4 Å². The van der Waals surface area contributed by atoms with Gasteiger partial charge in [-0.05, 0) is 61.2 Å². The van der Waals surface area contributed by atoms with Gasteiger partial charge < -0.3 is 15.2 Å². The summed E-state index contributed by atoms with van der Waals surface area (Å²) in [7, 11) is 0. The van der Waals surface area contributed by atoms with Gasteiger partial charge in [0.15, 0.2) is 0 Å². The van der Waals surface area contributed by atoms with Gasteiger partial charge in [0.05, 0.1) is 0 Å². The highest BCUT2D eigenvalue weighted by Crippen LogP contribution is 2.27. The van der Waals surface area contributed by atoms with E-state index in [9.17, 15) is 5.11 Å². The van der Waals surface area contributed by atoms with Crippen molar-refractivity contribution in [3.05, 3.63) is 63.6 Å². The Bertz CT molecular complexity index is 670. The summed E-state index contributed by atoms with van der Waals surface area (Å²) in [5.74, 6) is 0.728. The van der Waals surface area contributed by atoms with Crippen molar-refractivity contribution in [1.29, 1.82) is 0 Å². The normalized spacial score (nSPS) is 23.4. The number of hydrogen-bond acceptors (Lipinski definition) is 3. The molecule has 3 atom stereocenters. The lowest BCUT2D eigenvalue weighted by Gasteiger charge is -2.22. The highest BCUT2D eigenvalue weighted by molar-refractivity contribution is 6.31. The van der Waals surface area contributed by atoms with Crippen molar-refractivity contribution < 1.29 is 9.84 Å². The van der Waals surface area contributed by atoms with Gasteiger partial charge in [-0.2, -0.15) is 0 Å². The van der Waals surface area contributed by atoms with Crippen molar-refractivity contribution in [1.82, 2.24) is 5.32 Å². The monoisotopic (exact) mass is 365 g/mol. The summed E-state index contributed by atoms with van der Waals surface area (Å²) in [6.07, 6.45) is 0.908. The van der Waals surface area contributed by atoms with Gasteiger partial charge in [0.2, 0.25) is 0 Å². The molecule has 0 aromatic heterocycles. The topological polar surface area (TPSA) is 41.5 Å². The molecule has 0 spiro atoms. The first-order chi connectivity index (χ1) is 11.5. The summed E-state index contributed by atoms with van der Waals surface area (Å²) >= 11 is 12.1. The van der Waals surface area contributed by atoms with Crippen LogP contribution in [0.4, 0.5) is 0 Å². The van der Waals surface area contributed by atoms with Crippen LogP contribution in [0, 0.1) is 6.92 Å². The molecule has 1 aliphatic rings. The predicted molar refractivity (Wildman–Crippen MR) is 97.9 cm³/mol. The molecule has 0 bridgehead atoms. The Balaban J connectivity index is 1.58. The summed E-state index contributed by atoms with van der Waals surface area (Å²) in [5, 5.41) is 15.4. The Morgan fingerprint density at radius 2 is 1.88 bits per heavy atom. The van der Waals surface area contributed by atoms with Crippen LogP contribution >= 0.6 is 23.2 Å². The second kappa shape index (κ2) is 7.75. The smallest absolute Gasteiger partial charge is 0.126 e. The fourth-order valence-electron chi connectivity index (χ4n) is 3.11. The number of aryl methyl sites for hydroxylation is 1. The van der Waals surface area contributed by atoms with E-state index in [2.05, 4.69) is 5.32 Å². The number of rotatable bonds is 5. The maximum Gasteiger partial charge on any atom is 0.126 e. The third kappa shape index (κ3) is 4.04. The van der Waals surface area contributed by atoms with Gasteiger partial charge in [-0.25, -0.2) is 0 Å². The molecule has 2 N–H and O–H groups in total. The molecule has 1 fully saturated rings. The first-order valence-corrected chi connectivity index (χ1v) is 8.88. The Morgan fingerprint density at radius 1 is 1.12 bits per heavy atom. The van der Waals surface area contributed by atoms with Gasteiger partial charge >= 0.3 is 0 Å². The molecule has 0 unspecified atom stereocenters. The second-order valence-corrected chi connectivity index (χ2v) is 7.04. The van der Waals surface area contributed by atoms with E-state index in [1.165, 1.54) is 0 Å². The minimum absolute atomic E-state index is 0.00188. The third-order valence-electron chi connectivity index (χ3n) is 4.55. The van der Waals surface area contributed by atoms with Gasteiger partial charge in [0, 0.05) is 22.6 Å². The second-order valence-electron chi connectivity index (χ2n) is 6.20. The Kier molecular flexibility index (Phi) is 5.67. The van der Waals surface area contributed by atoms with E-state index < -0.39 is 6.10 Å². The SMILES string of the molecule is Cc1cccc(Cl)c1CN[C@@H]1CC[C@@H](Oc2ccc(Cl)cc2)[C@H]1O. The lowest BCUT2D eigenvalue weighted by molar-refractivity contribution is 0.0449. The van der Waals surface area contributed by atoms with Crippen LogP contribution in [0.15, 0.2) is 42.5 Å². The molecule has 1 aliphatic carbocycles. The van der Waals surface area contributed by atoms with E-state index in [0.29, 0.717) is 11.6 Å². The molecule has 0 heterocycles. The average Bonchev–Trinajstić information content (AvgIpc) is 2.90. The molecule has 5 heteroatoms. The number of hydrogen-bond donors (Lipinski definition) is 2. The van der Waals surface area contributed by atoms with E-state index in [1.807, 2.05) is 37.3 Å². The molecule has 2 aromatic carbocycles. The summed E-state index contributed by atoms with van der Waals surface area (Å²) < 4.78 is 5.90. The summed E-state index contributed by atoms with van der Waals surface area (Å²) in [4.78, 5) is 0. The third-order valence-corrected chi connectivity index (χ3v) is 5.16. The first kappa shape index (κ1) is 17.6. The lowest BCUT2D eigenvalue weighted by Crippen LogP contribution is -2.41. The van der Waals surface area contributed by atoms with Crippen molar-refractivity contribution >= 4 is 23.2 Å². The summed E-state index contributed by atoms with van der Waals surface area (Å²) in [6, 6.07) is 13.1. The quantitative estimate of drug-likeness (QED) is 0.826. The maximum absolute atomic E-state index is 10.5. The molecule has 0 amide bonds. The van der Waals surface area contributed by atoms with Crippen LogP contribution in [0.3, 0.4) is 0 Å². The largest absolute Gasteiger partial charge is 0.488 e. The van der Waals surface area contributed by atoms with Crippen molar-refractivity contribution in [2.24, 2.45) is 0 Å². The predicted octanol–water partition coefficient (Wildman–Crippen LogP) is 4.36. The maximum atomic E-state index is 10.5. The fraction of sp³-hybridized carbons (Fsp3) is 0.368. The van der Waals surface area contributed by atoms with Gasteiger partial charge in [0.1, 0.15) is 18.0 Å². The molecule has 24 heavy (non-hydrogen) atoms. The van der Waals surface area contributed by atoms with Crippen molar-refractivity contribution in [2.75, 3.05) is 0 Å². The van der Waals surface area contributed by atoms with Gasteiger partial charge in [-0.1, -0.05) is 35.3 Å². The van der Waals surface area contributed by atoms with Gasteiger partial charge in [-0.15, -0.1) is 0 Å². The number of ether oxygens (including phenoxy) is 1. The van der Waals surface area contributed by atoms with Crippen LogP contribution in [-0.2, 0) is 6.54 Å². The lowest BCUT2D eigenvalue weighted by atomic mass is 10.1. The highest BCUT2D eigenvalue weighted by Gasteiger charge is 2.36. The van der Waals surface area contributed by atoms with Gasteiger partial charge in [0.25, 0.3) is 0 Å². The van der Waals surface area contributed by atoms with E-state index in [4.69, 9.17) is 27.9 Å². The van der Waals surface area contributed by atoms with Crippen LogP contribution in [0.25, 0.3) is 0 Å². The van der Waals surface area contributed by atoms with Crippen LogP contribution < -0.4 is 10.1 Å². The molecule has 0 radical (unpaired) electrons. The minimum atomic E-state index is -0.552. The molecule has 128 valence electrons. The van der Waals surface area contributed by atoms with Crippen molar-refractivity contribution in [3.63, 3.8) is 0 Å². The van der Waals surface area contributed by atoms with E-state index >= 15 is 0 Å². The number of benzene rings is 2. The van der Waals surface area contributed by atoms with Crippen LogP contribution in [0.2, 0.25) is 10.0 Å².